The highest BCUT2D eigenvalue weighted by Crippen LogP contribution is 2.16. The third-order valence-electron chi connectivity index (χ3n) is 3.14. The Kier molecular flexibility index (Phi) is 2.35. The number of aryl methyl sites for hydroxylation is 1. The van der Waals surface area contributed by atoms with E-state index in [4.69, 9.17) is 0 Å². The van der Waals surface area contributed by atoms with Crippen molar-refractivity contribution in [1.82, 2.24) is 19.6 Å². The molecule has 1 aliphatic rings. The lowest BCUT2D eigenvalue weighted by Gasteiger charge is -2.24. The van der Waals surface area contributed by atoms with Gasteiger partial charge in [0.25, 0.3) is 5.56 Å². The number of fused-ring (bicyclic) bond motifs is 1. The number of piperidine rings is 1. The van der Waals surface area contributed by atoms with Crippen molar-refractivity contribution >= 4 is 11.7 Å². The largest absolute Gasteiger partial charge is 0.339 e. The van der Waals surface area contributed by atoms with Crippen LogP contribution < -0.4 is 10.5 Å². The number of anilines is 1. The minimum Gasteiger partial charge on any atom is -0.339 e. The van der Waals surface area contributed by atoms with Crippen LogP contribution in [0.2, 0.25) is 0 Å². The molecule has 1 saturated heterocycles. The summed E-state index contributed by atoms with van der Waals surface area (Å²) in [4.78, 5) is 20.6. The van der Waals surface area contributed by atoms with Gasteiger partial charge in [0.1, 0.15) is 0 Å². The van der Waals surface area contributed by atoms with Crippen molar-refractivity contribution in [3.05, 3.63) is 22.1 Å². The first-order valence-corrected chi connectivity index (χ1v) is 5.96. The molecule has 0 atom stereocenters. The van der Waals surface area contributed by atoms with E-state index in [1.54, 1.807) is 4.52 Å². The molecule has 2 aromatic rings. The molecule has 3 heterocycles. The fourth-order valence-electron chi connectivity index (χ4n) is 2.25. The summed E-state index contributed by atoms with van der Waals surface area (Å²) < 4.78 is 1.69. The molecule has 6 heteroatoms. The second-order valence-electron chi connectivity index (χ2n) is 4.47. The maximum Gasteiger partial charge on any atom is 0.252 e. The van der Waals surface area contributed by atoms with Crippen molar-refractivity contribution in [3.63, 3.8) is 0 Å². The summed E-state index contributed by atoms with van der Waals surface area (Å²) in [6.45, 7) is 3.86. The maximum atomic E-state index is 11.3. The summed E-state index contributed by atoms with van der Waals surface area (Å²) in [5, 5.41) is 4.44. The van der Waals surface area contributed by atoms with Crippen molar-refractivity contribution in [2.45, 2.75) is 26.2 Å². The van der Waals surface area contributed by atoms with E-state index < -0.39 is 0 Å². The van der Waals surface area contributed by atoms with Crippen LogP contribution in [0.1, 0.15) is 25.0 Å². The highest BCUT2D eigenvalue weighted by Gasteiger charge is 2.16. The number of aromatic amines is 1. The van der Waals surface area contributed by atoms with Gasteiger partial charge in [-0.15, -0.1) is 5.10 Å². The van der Waals surface area contributed by atoms with Gasteiger partial charge in [-0.25, -0.2) is 4.52 Å². The van der Waals surface area contributed by atoms with Gasteiger partial charge in [-0.05, 0) is 26.2 Å². The third-order valence-corrected chi connectivity index (χ3v) is 3.14. The van der Waals surface area contributed by atoms with Gasteiger partial charge in [-0.3, -0.25) is 9.78 Å². The van der Waals surface area contributed by atoms with Crippen LogP contribution in [-0.2, 0) is 0 Å². The van der Waals surface area contributed by atoms with Crippen LogP contribution >= 0.6 is 0 Å². The van der Waals surface area contributed by atoms with Gasteiger partial charge in [0.15, 0.2) is 0 Å². The van der Waals surface area contributed by atoms with Crippen LogP contribution in [0.25, 0.3) is 5.78 Å². The Labute approximate surface area is 98.3 Å². The van der Waals surface area contributed by atoms with Crippen LogP contribution in [0.15, 0.2) is 10.9 Å². The fourth-order valence-corrected chi connectivity index (χ4v) is 2.25. The molecule has 2 aromatic heterocycles. The van der Waals surface area contributed by atoms with Gasteiger partial charge >= 0.3 is 0 Å². The van der Waals surface area contributed by atoms with E-state index in [0.29, 0.717) is 5.78 Å². The number of H-pyrrole nitrogens is 1. The summed E-state index contributed by atoms with van der Waals surface area (Å²) in [5.74, 6) is 1.24. The highest BCUT2D eigenvalue weighted by molar-refractivity contribution is 5.40. The molecular formula is C11H15N5O. The lowest BCUT2D eigenvalue weighted by atomic mass is 10.1. The van der Waals surface area contributed by atoms with Crippen LogP contribution in [-0.4, -0.2) is 32.7 Å². The Morgan fingerprint density at radius 2 is 2.06 bits per heavy atom. The van der Waals surface area contributed by atoms with Crippen molar-refractivity contribution in [2.75, 3.05) is 18.0 Å². The van der Waals surface area contributed by atoms with Crippen molar-refractivity contribution < 1.29 is 0 Å². The van der Waals surface area contributed by atoms with Crippen LogP contribution in [0, 0.1) is 6.92 Å². The minimum atomic E-state index is -0.132. The Bertz CT molecular complexity index is 593. The lowest BCUT2D eigenvalue weighted by Crippen LogP contribution is -2.30. The molecule has 0 spiro atoms. The van der Waals surface area contributed by atoms with Gasteiger partial charge < -0.3 is 4.90 Å². The van der Waals surface area contributed by atoms with E-state index in [0.717, 1.165) is 24.7 Å². The average molecular weight is 233 g/mol. The lowest BCUT2D eigenvalue weighted by molar-refractivity contribution is 0.568. The molecule has 3 rings (SSSR count). The molecule has 0 saturated carbocycles. The quantitative estimate of drug-likeness (QED) is 0.788. The molecule has 0 aliphatic carbocycles. The number of rotatable bonds is 1. The molecule has 0 aromatic carbocycles. The first-order valence-electron chi connectivity index (χ1n) is 5.96. The normalized spacial score (nSPS) is 16.6. The van der Waals surface area contributed by atoms with Gasteiger partial charge in [-0.1, -0.05) is 0 Å². The number of nitrogens with zero attached hydrogens (tertiary/aromatic N) is 4. The second-order valence-corrected chi connectivity index (χ2v) is 4.47. The molecule has 0 unspecified atom stereocenters. The third kappa shape index (κ3) is 1.79. The standard InChI is InChI=1S/C11H15N5O/c1-8-7-9(17)12-10-13-11(14-16(8)10)15-5-3-2-4-6-15/h7H,2-6H2,1H3,(H,12,13,14,17). The topological polar surface area (TPSA) is 66.3 Å². The minimum absolute atomic E-state index is 0.132. The van der Waals surface area contributed by atoms with E-state index in [2.05, 4.69) is 20.0 Å². The van der Waals surface area contributed by atoms with Gasteiger partial charge in [-0.2, -0.15) is 4.98 Å². The van der Waals surface area contributed by atoms with E-state index in [-0.39, 0.29) is 5.56 Å². The second kappa shape index (κ2) is 3.87. The zero-order valence-electron chi connectivity index (χ0n) is 9.81. The molecular weight excluding hydrogens is 218 g/mol. The fraction of sp³-hybridized carbons (Fsp3) is 0.545. The number of hydrogen-bond acceptors (Lipinski definition) is 4. The Balaban J connectivity index is 2.06. The predicted molar refractivity (Wildman–Crippen MR) is 64.4 cm³/mol. The van der Waals surface area contributed by atoms with Crippen molar-refractivity contribution in [2.24, 2.45) is 0 Å². The van der Waals surface area contributed by atoms with E-state index >= 15 is 0 Å². The summed E-state index contributed by atoms with van der Waals surface area (Å²) in [7, 11) is 0. The monoisotopic (exact) mass is 233 g/mol. The summed E-state index contributed by atoms with van der Waals surface area (Å²) >= 11 is 0. The zero-order chi connectivity index (χ0) is 11.8. The molecule has 1 N–H and O–H groups in total. The molecule has 0 amide bonds. The molecule has 0 bridgehead atoms. The molecule has 17 heavy (non-hydrogen) atoms. The predicted octanol–water partition coefficient (Wildman–Crippen LogP) is 0.716. The van der Waals surface area contributed by atoms with E-state index in [9.17, 15) is 4.79 Å². The molecule has 1 aliphatic heterocycles. The van der Waals surface area contributed by atoms with E-state index in [1.165, 1.54) is 25.3 Å². The zero-order valence-corrected chi connectivity index (χ0v) is 9.81. The van der Waals surface area contributed by atoms with E-state index in [1.807, 2.05) is 6.92 Å². The Hall–Kier alpha value is -1.85. The number of hydrogen-bond donors (Lipinski definition) is 1. The molecule has 6 nitrogen and oxygen atoms in total. The van der Waals surface area contributed by atoms with Crippen LogP contribution in [0.4, 0.5) is 5.95 Å². The summed E-state index contributed by atoms with van der Waals surface area (Å²) in [5.41, 5.74) is 0.673. The van der Waals surface area contributed by atoms with Gasteiger partial charge in [0.05, 0.1) is 0 Å². The summed E-state index contributed by atoms with van der Waals surface area (Å²) in [6.07, 6.45) is 3.65. The first kappa shape index (κ1) is 10.3. The Morgan fingerprint density at radius 1 is 1.29 bits per heavy atom. The van der Waals surface area contributed by atoms with Gasteiger partial charge in [0.2, 0.25) is 11.7 Å². The van der Waals surface area contributed by atoms with Crippen molar-refractivity contribution in [3.8, 4) is 0 Å². The number of nitrogens with one attached hydrogen (secondary N) is 1. The number of aromatic nitrogens is 4. The summed E-state index contributed by atoms with van der Waals surface area (Å²) in [6, 6.07) is 1.53. The Morgan fingerprint density at radius 3 is 2.82 bits per heavy atom. The SMILES string of the molecule is Cc1cc(=O)[nH]c2nc(N3CCCCC3)nn12. The molecule has 0 radical (unpaired) electrons. The molecule has 1 fully saturated rings. The average Bonchev–Trinajstić information content (AvgIpc) is 2.74. The van der Waals surface area contributed by atoms with Crippen molar-refractivity contribution in [1.29, 1.82) is 0 Å². The van der Waals surface area contributed by atoms with Crippen LogP contribution in [0.5, 0.6) is 0 Å². The molecule has 90 valence electrons. The smallest absolute Gasteiger partial charge is 0.252 e. The van der Waals surface area contributed by atoms with Gasteiger partial charge in [0, 0.05) is 24.8 Å². The maximum absolute atomic E-state index is 11.3. The first-order chi connectivity index (χ1) is 8.24. The highest BCUT2D eigenvalue weighted by atomic mass is 16.1. The van der Waals surface area contributed by atoms with Crippen LogP contribution in [0.3, 0.4) is 0 Å².